The van der Waals surface area contributed by atoms with Crippen LogP contribution in [0.5, 0.6) is 5.75 Å². The van der Waals surface area contributed by atoms with Crippen molar-refractivity contribution >= 4 is 40.8 Å². The first kappa shape index (κ1) is 15.4. The summed E-state index contributed by atoms with van der Waals surface area (Å²) in [6.45, 7) is 0. The summed E-state index contributed by atoms with van der Waals surface area (Å²) in [5.74, 6) is -0.442. The molecular weight excluding hydrogens is 311 g/mol. The normalized spacial score (nSPS) is 11.3. The third kappa shape index (κ3) is 3.78. The Balaban J connectivity index is 2.49. The molecule has 0 spiro atoms. The van der Waals surface area contributed by atoms with Gasteiger partial charge in [0.15, 0.2) is 0 Å². The number of ether oxygens (including phenoxy) is 1. The standard InChI is InChI=1S/C16H12Cl2O3/c1-21-12-4-2-3-11(9-12)13(16(19)20)7-10-5-6-14(17)15(18)8-10/h2-9H,1H3,(H,19,20)/b13-7-. The summed E-state index contributed by atoms with van der Waals surface area (Å²) < 4.78 is 5.11. The zero-order valence-electron chi connectivity index (χ0n) is 11.1. The molecule has 0 heterocycles. The Hall–Kier alpha value is -1.97. The maximum absolute atomic E-state index is 11.5. The number of halogens is 2. The van der Waals surface area contributed by atoms with Crippen molar-refractivity contribution in [3.8, 4) is 5.75 Å². The van der Waals surface area contributed by atoms with Gasteiger partial charge in [0, 0.05) is 0 Å². The highest BCUT2D eigenvalue weighted by molar-refractivity contribution is 6.42. The molecule has 108 valence electrons. The summed E-state index contributed by atoms with van der Waals surface area (Å²) in [5.41, 5.74) is 1.35. The van der Waals surface area contributed by atoms with Gasteiger partial charge in [0.25, 0.3) is 0 Å². The van der Waals surface area contributed by atoms with Gasteiger partial charge in [-0.15, -0.1) is 0 Å². The highest BCUT2D eigenvalue weighted by atomic mass is 35.5. The summed E-state index contributed by atoms with van der Waals surface area (Å²) >= 11 is 11.8. The van der Waals surface area contributed by atoms with Crippen LogP contribution in [0.25, 0.3) is 11.6 Å². The zero-order valence-corrected chi connectivity index (χ0v) is 12.7. The SMILES string of the molecule is COc1cccc(/C(=C/c2ccc(Cl)c(Cl)c2)C(=O)O)c1. The molecule has 2 aromatic rings. The molecule has 2 aromatic carbocycles. The van der Waals surface area contributed by atoms with E-state index in [0.29, 0.717) is 26.9 Å². The monoisotopic (exact) mass is 322 g/mol. The maximum atomic E-state index is 11.5. The van der Waals surface area contributed by atoms with E-state index in [2.05, 4.69) is 0 Å². The summed E-state index contributed by atoms with van der Waals surface area (Å²) in [6.07, 6.45) is 1.54. The van der Waals surface area contributed by atoms with E-state index in [9.17, 15) is 9.90 Å². The summed E-state index contributed by atoms with van der Waals surface area (Å²) in [6, 6.07) is 11.8. The number of carboxylic acid groups (broad SMARTS) is 1. The molecule has 0 saturated carbocycles. The molecule has 0 atom stereocenters. The second-order valence-corrected chi connectivity index (χ2v) is 5.08. The highest BCUT2D eigenvalue weighted by Gasteiger charge is 2.11. The first-order chi connectivity index (χ1) is 10.0. The molecule has 0 amide bonds. The number of aliphatic carboxylic acids is 1. The number of methoxy groups -OCH3 is 1. The highest BCUT2D eigenvalue weighted by Crippen LogP contribution is 2.26. The largest absolute Gasteiger partial charge is 0.497 e. The van der Waals surface area contributed by atoms with Crippen LogP contribution < -0.4 is 4.74 Å². The van der Waals surface area contributed by atoms with Crippen molar-refractivity contribution in [2.75, 3.05) is 7.11 Å². The maximum Gasteiger partial charge on any atom is 0.336 e. The van der Waals surface area contributed by atoms with Gasteiger partial charge in [-0.25, -0.2) is 4.79 Å². The molecule has 3 nitrogen and oxygen atoms in total. The van der Waals surface area contributed by atoms with Gasteiger partial charge in [0.1, 0.15) is 5.75 Å². The van der Waals surface area contributed by atoms with Crippen LogP contribution in [0.1, 0.15) is 11.1 Å². The molecule has 2 rings (SSSR count). The zero-order chi connectivity index (χ0) is 15.4. The molecule has 0 saturated heterocycles. The molecule has 0 radical (unpaired) electrons. The third-order valence-electron chi connectivity index (χ3n) is 2.87. The lowest BCUT2D eigenvalue weighted by molar-refractivity contribution is -0.130. The molecule has 0 fully saturated rings. The predicted molar refractivity (Wildman–Crippen MR) is 85.0 cm³/mol. The Kier molecular flexibility index (Phi) is 4.89. The molecule has 0 aromatic heterocycles. The van der Waals surface area contributed by atoms with Gasteiger partial charge in [-0.2, -0.15) is 0 Å². The van der Waals surface area contributed by atoms with E-state index in [-0.39, 0.29) is 5.57 Å². The lowest BCUT2D eigenvalue weighted by Crippen LogP contribution is -2.00. The minimum Gasteiger partial charge on any atom is -0.497 e. The molecule has 0 unspecified atom stereocenters. The molecule has 0 aliphatic heterocycles. The van der Waals surface area contributed by atoms with E-state index < -0.39 is 5.97 Å². The van der Waals surface area contributed by atoms with Gasteiger partial charge < -0.3 is 9.84 Å². The number of hydrogen-bond acceptors (Lipinski definition) is 2. The van der Waals surface area contributed by atoms with Crippen LogP contribution in [-0.4, -0.2) is 18.2 Å². The first-order valence-electron chi connectivity index (χ1n) is 6.05. The Morgan fingerprint density at radius 3 is 2.52 bits per heavy atom. The topological polar surface area (TPSA) is 46.5 Å². The fraction of sp³-hybridized carbons (Fsp3) is 0.0625. The second-order valence-electron chi connectivity index (χ2n) is 4.27. The fourth-order valence-corrected chi connectivity index (χ4v) is 2.13. The van der Waals surface area contributed by atoms with Gasteiger partial charge in [0.2, 0.25) is 0 Å². The van der Waals surface area contributed by atoms with Crippen molar-refractivity contribution in [1.82, 2.24) is 0 Å². The van der Waals surface area contributed by atoms with Crippen molar-refractivity contribution < 1.29 is 14.6 Å². The van der Waals surface area contributed by atoms with E-state index in [1.165, 1.54) is 7.11 Å². The van der Waals surface area contributed by atoms with Gasteiger partial charge in [-0.1, -0.05) is 41.4 Å². The summed E-state index contributed by atoms with van der Waals surface area (Å²) in [7, 11) is 1.53. The minimum atomic E-state index is -1.03. The molecule has 0 bridgehead atoms. The average molecular weight is 323 g/mol. The van der Waals surface area contributed by atoms with Crippen molar-refractivity contribution in [3.63, 3.8) is 0 Å². The summed E-state index contributed by atoms with van der Waals surface area (Å²) in [5, 5.41) is 10.2. The van der Waals surface area contributed by atoms with Crippen LogP contribution in [0.15, 0.2) is 42.5 Å². The average Bonchev–Trinajstić information content (AvgIpc) is 2.48. The van der Waals surface area contributed by atoms with Crippen LogP contribution in [0.3, 0.4) is 0 Å². The van der Waals surface area contributed by atoms with Crippen LogP contribution in [0.2, 0.25) is 10.0 Å². The van der Waals surface area contributed by atoms with Gasteiger partial charge in [-0.05, 0) is 41.5 Å². The van der Waals surface area contributed by atoms with Crippen LogP contribution in [-0.2, 0) is 4.79 Å². The van der Waals surface area contributed by atoms with Crippen molar-refractivity contribution in [2.45, 2.75) is 0 Å². The van der Waals surface area contributed by atoms with E-state index in [0.717, 1.165) is 0 Å². The van der Waals surface area contributed by atoms with Crippen LogP contribution >= 0.6 is 23.2 Å². The number of carbonyl (C=O) groups is 1. The molecule has 21 heavy (non-hydrogen) atoms. The van der Waals surface area contributed by atoms with E-state index in [4.69, 9.17) is 27.9 Å². The third-order valence-corrected chi connectivity index (χ3v) is 3.60. The van der Waals surface area contributed by atoms with Crippen molar-refractivity contribution in [2.24, 2.45) is 0 Å². The Morgan fingerprint density at radius 1 is 1.14 bits per heavy atom. The summed E-state index contributed by atoms with van der Waals surface area (Å²) in [4.78, 5) is 11.5. The lowest BCUT2D eigenvalue weighted by Gasteiger charge is -2.06. The lowest BCUT2D eigenvalue weighted by atomic mass is 10.0. The van der Waals surface area contributed by atoms with E-state index in [1.54, 1.807) is 48.5 Å². The molecular formula is C16H12Cl2O3. The van der Waals surface area contributed by atoms with Gasteiger partial charge in [-0.3, -0.25) is 0 Å². The van der Waals surface area contributed by atoms with Crippen LogP contribution in [0, 0.1) is 0 Å². The number of benzene rings is 2. The minimum absolute atomic E-state index is 0.146. The van der Waals surface area contributed by atoms with Crippen LogP contribution in [0.4, 0.5) is 0 Å². The van der Waals surface area contributed by atoms with Gasteiger partial charge >= 0.3 is 5.97 Å². The van der Waals surface area contributed by atoms with Crippen molar-refractivity contribution in [1.29, 1.82) is 0 Å². The molecule has 0 aliphatic carbocycles. The number of carboxylic acids is 1. The molecule has 1 N–H and O–H groups in total. The quantitative estimate of drug-likeness (QED) is 0.659. The fourth-order valence-electron chi connectivity index (χ4n) is 1.83. The Labute approximate surface area is 132 Å². The van der Waals surface area contributed by atoms with E-state index in [1.807, 2.05) is 0 Å². The Bertz CT molecular complexity index is 708. The van der Waals surface area contributed by atoms with E-state index >= 15 is 0 Å². The smallest absolute Gasteiger partial charge is 0.336 e. The number of hydrogen-bond donors (Lipinski definition) is 1. The Morgan fingerprint density at radius 2 is 1.90 bits per heavy atom. The van der Waals surface area contributed by atoms with Gasteiger partial charge in [0.05, 0.1) is 22.7 Å². The molecule has 5 heteroatoms. The number of rotatable bonds is 4. The van der Waals surface area contributed by atoms with Crippen molar-refractivity contribution in [3.05, 3.63) is 63.6 Å². The predicted octanol–water partition coefficient (Wildman–Crippen LogP) is 4.63. The molecule has 0 aliphatic rings. The first-order valence-corrected chi connectivity index (χ1v) is 6.81. The second kappa shape index (κ2) is 6.66.